The lowest BCUT2D eigenvalue weighted by molar-refractivity contribution is -0.207. The van der Waals surface area contributed by atoms with Crippen LogP contribution in [0.3, 0.4) is 0 Å². The van der Waals surface area contributed by atoms with E-state index in [0.29, 0.717) is 37.4 Å². The van der Waals surface area contributed by atoms with Crippen molar-refractivity contribution in [1.29, 1.82) is 5.26 Å². The van der Waals surface area contributed by atoms with E-state index in [4.69, 9.17) is 9.15 Å². The number of aliphatic hydroxyl groups is 1. The zero-order chi connectivity index (χ0) is 25.5. The Hall–Kier alpha value is -3.28. The largest absolute Gasteiger partial charge is 0.504 e. The quantitative estimate of drug-likeness (QED) is 0.606. The van der Waals surface area contributed by atoms with Crippen LogP contribution in [-0.4, -0.2) is 69.3 Å². The van der Waals surface area contributed by atoms with Crippen molar-refractivity contribution in [2.75, 3.05) is 13.6 Å². The summed E-state index contributed by atoms with van der Waals surface area (Å²) in [6, 6.07) is 7.06. The molecule has 1 aromatic carbocycles. The van der Waals surface area contributed by atoms with Gasteiger partial charge in [0.1, 0.15) is 6.10 Å². The van der Waals surface area contributed by atoms with Crippen LogP contribution in [0.4, 0.5) is 0 Å². The fourth-order valence-corrected chi connectivity index (χ4v) is 7.83. The maximum Gasteiger partial charge on any atom is 0.246 e. The van der Waals surface area contributed by atoms with Gasteiger partial charge in [-0.05, 0) is 68.2 Å². The van der Waals surface area contributed by atoms with E-state index in [1.807, 2.05) is 6.07 Å². The molecule has 3 heterocycles. The molecule has 2 aromatic rings. The third-order valence-corrected chi connectivity index (χ3v) is 9.75. The molecule has 2 bridgehead atoms. The van der Waals surface area contributed by atoms with Crippen molar-refractivity contribution in [2.24, 2.45) is 5.92 Å². The van der Waals surface area contributed by atoms with Crippen LogP contribution in [-0.2, 0) is 16.6 Å². The van der Waals surface area contributed by atoms with Gasteiger partial charge in [-0.1, -0.05) is 6.07 Å². The summed E-state index contributed by atoms with van der Waals surface area (Å²) in [6.45, 7) is 0.827. The first kappa shape index (κ1) is 22.9. The van der Waals surface area contributed by atoms with Gasteiger partial charge in [-0.2, -0.15) is 5.26 Å². The molecule has 7 rings (SSSR count). The highest BCUT2D eigenvalue weighted by Crippen LogP contribution is 2.66. The van der Waals surface area contributed by atoms with Gasteiger partial charge in [0.2, 0.25) is 5.91 Å². The normalized spacial score (nSPS) is 35.6. The minimum absolute atomic E-state index is 0.0461. The van der Waals surface area contributed by atoms with E-state index in [2.05, 4.69) is 11.0 Å². The Morgan fingerprint density at radius 1 is 1.32 bits per heavy atom. The van der Waals surface area contributed by atoms with Crippen LogP contribution in [0.1, 0.15) is 48.8 Å². The number of likely N-dealkylation sites (tertiary alicyclic amines) is 1. The van der Waals surface area contributed by atoms with Crippen LogP contribution >= 0.6 is 0 Å². The second kappa shape index (κ2) is 7.86. The Morgan fingerprint density at radius 2 is 2.16 bits per heavy atom. The molecule has 192 valence electrons. The van der Waals surface area contributed by atoms with E-state index in [1.54, 1.807) is 42.7 Å². The summed E-state index contributed by atoms with van der Waals surface area (Å²) in [6.07, 6.45) is 10.3. The van der Waals surface area contributed by atoms with Gasteiger partial charge in [0, 0.05) is 36.8 Å². The molecular formula is C29H31N3O5. The summed E-state index contributed by atoms with van der Waals surface area (Å²) >= 11 is 0. The summed E-state index contributed by atoms with van der Waals surface area (Å²) in [5, 5.41) is 33.8. The number of likely N-dealkylation sites (N-methyl/N-ethyl adjacent to an activating group) is 1. The van der Waals surface area contributed by atoms with Crippen molar-refractivity contribution in [3.05, 3.63) is 53.5 Å². The Balaban J connectivity index is 1.32. The molecule has 0 radical (unpaired) electrons. The highest BCUT2D eigenvalue weighted by molar-refractivity contribution is 5.92. The number of phenols is 1. The number of aromatic hydroxyl groups is 1. The lowest BCUT2D eigenvalue weighted by atomic mass is 9.47. The molecular weight excluding hydrogens is 470 g/mol. The number of nitriles is 1. The van der Waals surface area contributed by atoms with E-state index in [-0.39, 0.29) is 29.8 Å². The number of piperidine rings is 1. The first-order valence-corrected chi connectivity index (χ1v) is 13.2. The van der Waals surface area contributed by atoms with Crippen molar-refractivity contribution in [1.82, 2.24) is 9.80 Å². The number of hydrogen-bond acceptors (Lipinski definition) is 7. The van der Waals surface area contributed by atoms with Gasteiger partial charge >= 0.3 is 0 Å². The average Bonchev–Trinajstić information content (AvgIpc) is 3.41. The fourth-order valence-electron chi connectivity index (χ4n) is 7.83. The second-order valence-corrected chi connectivity index (χ2v) is 11.5. The summed E-state index contributed by atoms with van der Waals surface area (Å²) in [4.78, 5) is 17.2. The van der Waals surface area contributed by atoms with Crippen LogP contribution in [0, 0.1) is 17.2 Å². The van der Waals surface area contributed by atoms with Gasteiger partial charge in [0.05, 0.1) is 41.7 Å². The summed E-state index contributed by atoms with van der Waals surface area (Å²) in [5.74, 6) is 0.869. The molecule has 1 saturated heterocycles. The van der Waals surface area contributed by atoms with E-state index in [9.17, 15) is 20.3 Å². The van der Waals surface area contributed by atoms with Gasteiger partial charge in [-0.25, -0.2) is 0 Å². The van der Waals surface area contributed by atoms with Crippen LogP contribution in [0.15, 0.2) is 41.2 Å². The van der Waals surface area contributed by atoms with Crippen molar-refractivity contribution in [3.63, 3.8) is 0 Å². The minimum atomic E-state index is -1.11. The van der Waals surface area contributed by atoms with Crippen LogP contribution in [0.25, 0.3) is 6.08 Å². The zero-order valence-electron chi connectivity index (χ0n) is 20.8. The summed E-state index contributed by atoms with van der Waals surface area (Å²) in [5.41, 5.74) is 0.732. The molecule has 1 amide bonds. The lowest BCUT2D eigenvalue weighted by Gasteiger charge is -2.65. The van der Waals surface area contributed by atoms with Crippen molar-refractivity contribution in [3.8, 4) is 17.6 Å². The molecule has 1 aromatic heterocycles. The minimum Gasteiger partial charge on any atom is -0.504 e. The van der Waals surface area contributed by atoms with Gasteiger partial charge in [-0.3, -0.25) is 9.69 Å². The van der Waals surface area contributed by atoms with E-state index < -0.39 is 17.1 Å². The third kappa shape index (κ3) is 3.04. The van der Waals surface area contributed by atoms with Gasteiger partial charge in [0.25, 0.3) is 0 Å². The zero-order valence-corrected chi connectivity index (χ0v) is 20.8. The van der Waals surface area contributed by atoms with Crippen LogP contribution in [0.5, 0.6) is 11.5 Å². The second-order valence-electron chi connectivity index (χ2n) is 11.5. The predicted molar refractivity (Wildman–Crippen MR) is 134 cm³/mol. The number of rotatable bonds is 5. The molecule has 2 saturated carbocycles. The molecule has 1 unspecified atom stereocenters. The SMILES string of the molecule is CN(C(=O)/C=C/c1ccoc1)[C@@H]1CC[C@@]2(O)[C@H]3Cc4ccc(O)c5c4[C@@]2(CC(C#N)N3CC2CC2)[C@H]1O5. The Morgan fingerprint density at radius 3 is 2.89 bits per heavy atom. The molecule has 8 nitrogen and oxygen atoms in total. The molecule has 1 spiro atoms. The predicted octanol–water partition coefficient (Wildman–Crippen LogP) is 2.98. The first-order chi connectivity index (χ1) is 17.9. The summed E-state index contributed by atoms with van der Waals surface area (Å²) < 4.78 is 11.7. The van der Waals surface area contributed by atoms with E-state index in [1.165, 1.54) is 18.9 Å². The highest BCUT2D eigenvalue weighted by atomic mass is 16.5. The Labute approximate surface area is 215 Å². The highest BCUT2D eigenvalue weighted by Gasteiger charge is 2.75. The molecule has 5 aliphatic rings. The fraction of sp³-hybridized carbons (Fsp3) is 0.517. The van der Waals surface area contributed by atoms with E-state index in [0.717, 1.165) is 23.2 Å². The van der Waals surface area contributed by atoms with Crippen molar-refractivity contribution in [2.45, 2.75) is 73.8 Å². The number of carbonyl (C=O) groups excluding carboxylic acids is 1. The molecule has 2 aliphatic heterocycles. The molecule has 8 heteroatoms. The van der Waals surface area contributed by atoms with Crippen LogP contribution in [0.2, 0.25) is 0 Å². The molecule has 2 N–H and O–H groups in total. The number of amides is 1. The number of benzene rings is 1. The molecule has 3 fully saturated rings. The van der Waals surface area contributed by atoms with Gasteiger partial charge in [-0.15, -0.1) is 0 Å². The topological polar surface area (TPSA) is 110 Å². The van der Waals surface area contributed by atoms with E-state index >= 15 is 0 Å². The Kier molecular flexibility index (Phi) is 4.86. The van der Waals surface area contributed by atoms with Gasteiger partial charge in [0.15, 0.2) is 11.5 Å². The number of furan rings is 1. The number of carbonyl (C=O) groups is 1. The van der Waals surface area contributed by atoms with Gasteiger partial charge < -0.3 is 24.3 Å². The monoisotopic (exact) mass is 501 g/mol. The van der Waals surface area contributed by atoms with Crippen molar-refractivity contribution < 1.29 is 24.2 Å². The third-order valence-electron chi connectivity index (χ3n) is 9.75. The molecule has 37 heavy (non-hydrogen) atoms. The molecule has 6 atom stereocenters. The standard InChI is InChI=1S/C29H31N3O5/c1-31(24(34)7-4-18-9-11-36-16-18)21-8-10-29(35)23-12-19-5-6-22(33)26-25(19)28(29,27(21)37-26)13-20(14-30)32(23)15-17-2-3-17/h4-7,9,11,16-17,20-21,23,27,33,35H,2-3,8,10,12-13,15H2,1H3/b7-4+/t20?,21-,23-,27+,28+,29-/m1/s1. The van der Waals surface area contributed by atoms with Crippen LogP contribution < -0.4 is 4.74 Å². The maximum absolute atomic E-state index is 13.3. The number of ether oxygens (including phenoxy) is 1. The summed E-state index contributed by atoms with van der Waals surface area (Å²) in [7, 11) is 1.77. The smallest absolute Gasteiger partial charge is 0.246 e. The molecule has 3 aliphatic carbocycles. The number of phenolic OH excluding ortho intramolecular Hbond substituents is 1. The number of hydrogen-bond donors (Lipinski definition) is 2. The van der Waals surface area contributed by atoms with Crippen molar-refractivity contribution >= 4 is 12.0 Å². The average molecular weight is 502 g/mol. The lowest BCUT2D eigenvalue weighted by Crippen LogP contribution is -2.79. The number of nitrogens with zero attached hydrogens (tertiary/aromatic N) is 3. The Bertz CT molecular complexity index is 1330. The maximum atomic E-state index is 13.3. The first-order valence-electron chi connectivity index (χ1n) is 13.2.